The normalized spacial score (nSPS) is 11.2. The molecular formula is C14H16N2O2S. The third kappa shape index (κ3) is 3.48. The Morgan fingerprint density at radius 1 is 1.05 bits per heavy atom. The molecule has 0 radical (unpaired) electrons. The number of nitrogen functional groups attached to an aromatic ring is 1. The number of para-hydroxylation sites is 2. The molecule has 0 saturated heterocycles. The van der Waals surface area contributed by atoms with Crippen molar-refractivity contribution in [2.45, 2.75) is 12.7 Å². The summed E-state index contributed by atoms with van der Waals surface area (Å²) in [6.07, 6.45) is 0. The van der Waals surface area contributed by atoms with E-state index in [0.717, 1.165) is 5.56 Å². The fraction of sp³-hybridized carbons (Fsp3) is 0.143. The lowest BCUT2D eigenvalue weighted by Gasteiger charge is -2.11. The van der Waals surface area contributed by atoms with E-state index in [1.54, 1.807) is 36.4 Å². The van der Waals surface area contributed by atoms with Crippen LogP contribution in [0.1, 0.15) is 11.1 Å². The molecule has 0 fully saturated rings. The summed E-state index contributed by atoms with van der Waals surface area (Å²) in [4.78, 5) is 0. The van der Waals surface area contributed by atoms with Gasteiger partial charge in [0.1, 0.15) is 0 Å². The molecule has 100 valence electrons. The van der Waals surface area contributed by atoms with E-state index in [-0.39, 0.29) is 5.75 Å². The van der Waals surface area contributed by atoms with Gasteiger partial charge >= 0.3 is 0 Å². The zero-order valence-electron chi connectivity index (χ0n) is 10.6. The van der Waals surface area contributed by atoms with Gasteiger partial charge in [-0.1, -0.05) is 36.4 Å². The summed E-state index contributed by atoms with van der Waals surface area (Å²) in [7, 11) is -3.46. The molecule has 5 heteroatoms. The lowest BCUT2D eigenvalue weighted by atomic mass is 10.2. The molecule has 3 N–H and O–H groups in total. The van der Waals surface area contributed by atoms with Gasteiger partial charge in [-0.3, -0.25) is 4.72 Å². The molecule has 0 heterocycles. The van der Waals surface area contributed by atoms with Crippen LogP contribution in [0.3, 0.4) is 0 Å². The van der Waals surface area contributed by atoms with Crippen LogP contribution in [0.4, 0.5) is 11.4 Å². The van der Waals surface area contributed by atoms with Gasteiger partial charge in [-0.25, -0.2) is 8.42 Å². The predicted octanol–water partition coefficient (Wildman–Crippen LogP) is 2.52. The monoisotopic (exact) mass is 276 g/mol. The summed E-state index contributed by atoms with van der Waals surface area (Å²) in [5.41, 5.74) is 8.32. The maximum atomic E-state index is 12.1. The predicted molar refractivity (Wildman–Crippen MR) is 78.3 cm³/mol. The molecule has 4 nitrogen and oxygen atoms in total. The van der Waals surface area contributed by atoms with Crippen LogP contribution >= 0.6 is 0 Å². The number of nitrogens with one attached hydrogen (secondary N) is 1. The number of nitrogens with two attached hydrogens (primary N) is 1. The minimum atomic E-state index is -3.46. The fourth-order valence-corrected chi connectivity index (χ4v) is 3.07. The van der Waals surface area contributed by atoms with E-state index in [1.165, 1.54) is 0 Å². The summed E-state index contributed by atoms with van der Waals surface area (Å²) >= 11 is 0. The van der Waals surface area contributed by atoms with Gasteiger partial charge in [-0.2, -0.15) is 0 Å². The number of anilines is 2. The Morgan fingerprint density at radius 3 is 2.37 bits per heavy atom. The molecule has 0 unspecified atom stereocenters. The Morgan fingerprint density at radius 2 is 1.68 bits per heavy atom. The molecule has 2 aromatic carbocycles. The Bertz CT molecular complexity index is 628. The van der Waals surface area contributed by atoms with Gasteiger partial charge in [0.15, 0.2) is 0 Å². The Hall–Kier alpha value is -2.01. The number of hydrogen-bond acceptors (Lipinski definition) is 3. The SMILES string of the molecule is Cc1ccccc1NS(=O)(=O)Cc1ccccc1N. The zero-order chi connectivity index (χ0) is 13.9. The van der Waals surface area contributed by atoms with Crippen molar-refractivity contribution in [2.24, 2.45) is 0 Å². The first-order valence-corrected chi connectivity index (χ1v) is 7.53. The van der Waals surface area contributed by atoms with Crippen LogP contribution in [0.25, 0.3) is 0 Å². The van der Waals surface area contributed by atoms with Crippen molar-refractivity contribution in [3.8, 4) is 0 Å². The van der Waals surface area contributed by atoms with Crippen molar-refractivity contribution >= 4 is 21.4 Å². The summed E-state index contributed by atoms with van der Waals surface area (Å²) < 4.78 is 26.8. The standard InChI is InChI=1S/C14H16N2O2S/c1-11-6-2-5-9-14(11)16-19(17,18)10-12-7-3-4-8-13(12)15/h2-9,16H,10,15H2,1H3. The zero-order valence-corrected chi connectivity index (χ0v) is 11.4. The molecule has 2 rings (SSSR count). The van der Waals surface area contributed by atoms with Crippen LogP contribution in [0, 0.1) is 6.92 Å². The highest BCUT2D eigenvalue weighted by atomic mass is 32.2. The molecule has 0 amide bonds. The van der Waals surface area contributed by atoms with Crippen LogP contribution in [-0.2, 0) is 15.8 Å². The quantitative estimate of drug-likeness (QED) is 0.843. The highest BCUT2D eigenvalue weighted by Gasteiger charge is 2.14. The lowest BCUT2D eigenvalue weighted by Crippen LogP contribution is -2.16. The fourth-order valence-electron chi connectivity index (χ4n) is 1.76. The van der Waals surface area contributed by atoms with Crippen molar-refractivity contribution in [3.63, 3.8) is 0 Å². The summed E-state index contributed by atoms with van der Waals surface area (Å²) in [5, 5.41) is 0. The van der Waals surface area contributed by atoms with E-state index >= 15 is 0 Å². The molecule has 2 aromatic rings. The smallest absolute Gasteiger partial charge is 0.237 e. The van der Waals surface area contributed by atoms with E-state index in [2.05, 4.69) is 4.72 Å². The number of benzene rings is 2. The first kappa shape index (κ1) is 13.4. The molecule has 19 heavy (non-hydrogen) atoms. The molecule has 0 atom stereocenters. The molecule has 0 spiro atoms. The Labute approximate surface area is 113 Å². The molecular weight excluding hydrogens is 260 g/mol. The molecule has 0 saturated carbocycles. The summed E-state index contributed by atoms with van der Waals surface area (Å²) in [5.74, 6) is -0.131. The number of aryl methyl sites for hydroxylation is 1. The molecule has 0 aromatic heterocycles. The second kappa shape index (κ2) is 5.32. The second-order valence-electron chi connectivity index (χ2n) is 4.37. The van der Waals surface area contributed by atoms with Crippen molar-refractivity contribution in [1.29, 1.82) is 0 Å². The maximum Gasteiger partial charge on any atom is 0.237 e. The van der Waals surface area contributed by atoms with Gasteiger partial charge in [0.25, 0.3) is 0 Å². The maximum absolute atomic E-state index is 12.1. The lowest BCUT2D eigenvalue weighted by molar-refractivity contribution is 0.600. The van der Waals surface area contributed by atoms with Crippen LogP contribution in [0.5, 0.6) is 0 Å². The number of hydrogen-bond donors (Lipinski definition) is 2. The summed E-state index contributed by atoms with van der Waals surface area (Å²) in [6, 6.07) is 14.2. The van der Waals surface area contributed by atoms with Crippen molar-refractivity contribution in [1.82, 2.24) is 0 Å². The first-order chi connectivity index (χ1) is 8.98. The Balaban J connectivity index is 2.21. The molecule has 0 aliphatic carbocycles. The van der Waals surface area contributed by atoms with Gasteiger partial charge in [0.2, 0.25) is 10.0 Å². The van der Waals surface area contributed by atoms with Crippen molar-refractivity contribution < 1.29 is 8.42 Å². The third-order valence-corrected chi connectivity index (χ3v) is 4.03. The Kier molecular flexibility index (Phi) is 3.76. The van der Waals surface area contributed by atoms with Crippen LogP contribution in [-0.4, -0.2) is 8.42 Å². The average molecular weight is 276 g/mol. The van der Waals surface area contributed by atoms with Crippen LogP contribution in [0.15, 0.2) is 48.5 Å². The summed E-state index contributed by atoms with van der Waals surface area (Å²) in [6.45, 7) is 1.86. The van der Waals surface area contributed by atoms with Crippen LogP contribution < -0.4 is 10.5 Å². The van der Waals surface area contributed by atoms with Crippen LogP contribution in [0.2, 0.25) is 0 Å². The number of rotatable bonds is 4. The van der Waals surface area contributed by atoms with E-state index < -0.39 is 10.0 Å². The van der Waals surface area contributed by atoms with Gasteiger partial charge in [-0.05, 0) is 30.2 Å². The highest BCUT2D eigenvalue weighted by molar-refractivity contribution is 7.91. The molecule has 0 aliphatic heterocycles. The van der Waals surface area contributed by atoms with Crippen molar-refractivity contribution in [2.75, 3.05) is 10.5 Å². The van der Waals surface area contributed by atoms with Gasteiger partial charge < -0.3 is 5.73 Å². The van der Waals surface area contributed by atoms with E-state index in [1.807, 2.05) is 19.1 Å². The largest absolute Gasteiger partial charge is 0.398 e. The van der Waals surface area contributed by atoms with E-state index in [4.69, 9.17) is 5.73 Å². The topological polar surface area (TPSA) is 72.2 Å². The number of sulfonamides is 1. The second-order valence-corrected chi connectivity index (χ2v) is 6.10. The van der Waals surface area contributed by atoms with Gasteiger partial charge in [-0.15, -0.1) is 0 Å². The average Bonchev–Trinajstić information content (AvgIpc) is 2.35. The first-order valence-electron chi connectivity index (χ1n) is 5.87. The van der Waals surface area contributed by atoms with Crippen molar-refractivity contribution in [3.05, 3.63) is 59.7 Å². The molecule has 0 aliphatic rings. The van der Waals surface area contributed by atoms with Gasteiger partial charge in [0, 0.05) is 5.69 Å². The molecule has 0 bridgehead atoms. The minimum absolute atomic E-state index is 0.131. The minimum Gasteiger partial charge on any atom is -0.398 e. The van der Waals surface area contributed by atoms with Gasteiger partial charge in [0.05, 0.1) is 11.4 Å². The highest BCUT2D eigenvalue weighted by Crippen LogP contribution is 2.19. The third-order valence-electron chi connectivity index (χ3n) is 2.81. The van der Waals surface area contributed by atoms with E-state index in [0.29, 0.717) is 16.9 Å². The van der Waals surface area contributed by atoms with E-state index in [9.17, 15) is 8.42 Å².